The van der Waals surface area contributed by atoms with Crippen LogP contribution in [0.4, 0.5) is 5.69 Å². The van der Waals surface area contributed by atoms with Crippen LogP contribution in [0, 0.1) is 6.92 Å². The molecule has 4 N–H and O–H groups in total. The predicted octanol–water partition coefficient (Wildman–Crippen LogP) is 2.08. The number of H-pyrrole nitrogens is 1. The number of aromatic nitrogens is 2. The highest BCUT2D eigenvalue weighted by atomic mass is 32.1. The lowest BCUT2D eigenvalue weighted by Gasteiger charge is -2.18. The second kappa shape index (κ2) is 7.06. The van der Waals surface area contributed by atoms with Gasteiger partial charge in [-0.1, -0.05) is 12.6 Å². The van der Waals surface area contributed by atoms with E-state index in [9.17, 15) is 19.5 Å². The molecule has 0 saturated carbocycles. The maximum absolute atomic E-state index is 12.4. The average molecular weight is 412 g/mol. The molecule has 9 nitrogen and oxygen atoms in total. The summed E-state index contributed by atoms with van der Waals surface area (Å²) in [6.07, 6.45) is 0. The highest BCUT2D eigenvalue weighted by molar-refractivity contribution is 7.19. The summed E-state index contributed by atoms with van der Waals surface area (Å²) in [5.74, 6) is -0.537. The molecule has 0 aliphatic carbocycles. The number of carbonyl (C=O) groups is 2. The monoisotopic (exact) mass is 412 g/mol. The fourth-order valence-corrected chi connectivity index (χ4v) is 4.07. The number of rotatable bonds is 5. The highest BCUT2D eigenvalue weighted by Crippen LogP contribution is 2.29. The second-order valence-electron chi connectivity index (χ2n) is 6.43. The molecular formula is C19H16N4O5S. The van der Waals surface area contributed by atoms with Crippen molar-refractivity contribution in [3.05, 3.63) is 57.0 Å². The van der Waals surface area contributed by atoms with Gasteiger partial charge in [0.05, 0.1) is 22.3 Å². The van der Waals surface area contributed by atoms with Crippen molar-refractivity contribution in [2.45, 2.75) is 13.5 Å². The van der Waals surface area contributed by atoms with Gasteiger partial charge >= 0.3 is 5.97 Å². The van der Waals surface area contributed by atoms with Crippen molar-refractivity contribution in [1.29, 1.82) is 0 Å². The number of benzene rings is 1. The summed E-state index contributed by atoms with van der Waals surface area (Å²) in [5, 5.41) is 15.2. The third-order valence-electron chi connectivity index (χ3n) is 4.42. The summed E-state index contributed by atoms with van der Waals surface area (Å²) in [6.45, 7) is 5.90. The summed E-state index contributed by atoms with van der Waals surface area (Å²) >= 11 is 1.15. The minimum atomic E-state index is -1.16. The smallest absolute Gasteiger partial charge is 0.337 e. The topological polar surface area (TPSA) is 133 Å². The third-order valence-corrected chi connectivity index (χ3v) is 5.42. The standard InChI is InChI=1S/C19H16N4O5S/c1-8(20-6-10-3-4-12-11(5-10)21-13(24)7-28-12)16-22-17(25)15-14(19(26)27)9(2)29-18(15)23-16/h3-5,20H,1,6-7H2,2H3,(H,21,24)(H,26,27)(H,22,23,25). The van der Waals surface area contributed by atoms with Crippen LogP contribution < -0.4 is 20.9 Å². The Morgan fingerprint density at radius 3 is 2.97 bits per heavy atom. The predicted molar refractivity (Wildman–Crippen MR) is 108 cm³/mol. The van der Waals surface area contributed by atoms with E-state index in [4.69, 9.17) is 4.74 Å². The average Bonchev–Trinajstić information content (AvgIpc) is 3.02. The maximum Gasteiger partial charge on any atom is 0.337 e. The van der Waals surface area contributed by atoms with Crippen molar-refractivity contribution in [2.75, 3.05) is 11.9 Å². The van der Waals surface area contributed by atoms with Crippen molar-refractivity contribution in [3.8, 4) is 5.75 Å². The van der Waals surface area contributed by atoms with Crippen LogP contribution in [0.3, 0.4) is 0 Å². The second-order valence-corrected chi connectivity index (χ2v) is 7.64. The van der Waals surface area contributed by atoms with Crippen LogP contribution in [0.5, 0.6) is 5.75 Å². The van der Waals surface area contributed by atoms with Crippen LogP contribution in [-0.4, -0.2) is 33.6 Å². The van der Waals surface area contributed by atoms with E-state index in [0.29, 0.717) is 33.4 Å². The largest absolute Gasteiger partial charge is 0.482 e. The number of aryl methyl sites for hydroxylation is 1. The number of ether oxygens (including phenoxy) is 1. The first-order valence-corrected chi connectivity index (χ1v) is 9.40. The minimum absolute atomic E-state index is 0.00526. The molecule has 2 aromatic heterocycles. The number of aromatic amines is 1. The van der Waals surface area contributed by atoms with Crippen LogP contribution in [0.2, 0.25) is 0 Å². The summed E-state index contributed by atoms with van der Waals surface area (Å²) in [6, 6.07) is 5.40. The number of thiophene rings is 1. The number of amides is 1. The number of nitrogens with one attached hydrogen (secondary N) is 3. The number of carbonyl (C=O) groups excluding carboxylic acids is 1. The Labute approximate surface area is 168 Å². The number of hydrogen-bond donors (Lipinski definition) is 4. The van der Waals surface area contributed by atoms with Gasteiger partial charge in [-0.15, -0.1) is 11.3 Å². The molecule has 0 atom stereocenters. The normalized spacial score (nSPS) is 12.8. The fraction of sp³-hybridized carbons (Fsp3) is 0.158. The molecular weight excluding hydrogens is 396 g/mol. The van der Waals surface area contributed by atoms with Gasteiger partial charge in [-0.25, -0.2) is 9.78 Å². The number of anilines is 1. The lowest BCUT2D eigenvalue weighted by atomic mass is 10.1. The van der Waals surface area contributed by atoms with Gasteiger partial charge in [0.25, 0.3) is 11.5 Å². The van der Waals surface area contributed by atoms with Crippen molar-refractivity contribution >= 4 is 44.8 Å². The van der Waals surface area contributed by atoms with Crippen molar-refractivity contribution in [2.24, 2.45) is 0 Å². The van der Waals surface area contributed by atoms with Gasteiger partial charge in [-0.2, -0.15) is 0 Å². The Balaban J connectivity index is 1.55. The lowest BCUT2D eigenvalue weighted by molar-refractivity contribution is -0.118. The zero-order valence-electron chi connectivity index (χ0n) is 15.3. The Hall–Kier alpha value is -3.66. The molecule has 4 rings (SSSR count). The SMILES string of the molecule is C=C(NCc1ccc2c(c1)NC(=O)CO2)c1nc2sc(C)c(C(=O)O)c2c(=O)[nH]1. The fourth-order valence-electron chi connectivity index (χ4n) is 3.05. The summed E-state index contributed by atoms with van der Waals surface area (Å²) < 4.78 is 5.33. The van der Waals surface area contributed by atoms with E-state index in [2.05, 4.69) is 27.2 Å². The van der Waals surface area contributed by atoms with E-state index in [1.807, 2.05) is 6.07 Å². The summed E-state index contributed by atoms with van der Waals surface area (Å²) in [7, 11) is 0. The quantitative estimate of drug-likeness (QED) is 0.504. The number of carboxylic acid groups (broad SMARTS) is 1. The Kier molecular flexibility index (Phi) is 4.55. The molecule has 1 aliphatic heterocycles. The minimum Gasteiger partial charge on any atom is -0.482 e. The molecule has 1 aromatic carbocycles. The first-order chi connectivity index (χ1) is 13.8. The first kappa shape index (κ1) is 18.7. The molecule has 1 aliphatic rings. The Morgan fingerprint density at radius 1 is 1.41 bits per heavy atom. The van der Waals surface area contributed by atoms with E-state index >= 15 is 0 Å². The molecule has 3 aromatic rings. The van der Waals surface area contributed by atoms with Gasteiger partial charge in [0.2, 0.25) is 0 Å². The molecule has 148 valence electrons. The van der Waals surface area contributed by atoms with Crippen molar-refractivity contribution in [1.82, 2.24) is 15.3 Å². The van der Waals surface area contributed by atoms with Crippen LogP contribution >= 0.6 is 11.3 Å². The van der Waals surface area contributed by atoms with E-state index < -0.39 is 11.5 Å². The molecule has 10 heteroatoms. The van der Waals surface area contributed by atoms with E-state index in [-0.39, 0.29) is 29.3 Å². The van der Waals surface area contributed by atoms with Crippen LogP contribution in [0.25, 0.3) is 15.9 Å². The zero-order valence-corrected chi connectivity index (χ0v) is 16.1. The van der Waals surface area contributed by atoms with Crippen molar-refractivity contribution < 1.29 is 19.4 Å². The zero-order chi connectivity index (χ0) is 20.7. The van der Waals surface area contributed by atoms with Crippen LogP contribution in [0.1, 0.15) is 26.6 Å². The van der Waals surface area contributed by atoms with Gasteiger partial charge in [0.1, 0.15) is 10.6 Å². The molecule has 1 amide bonds. The van der Waals surface area contributed by atoms with Gasteiger partial charge in [0, 0.05) is 11.4 Å². The number of hydrogen-bond acceptors (Lipinski definition) is 7. The molecule has 0 fully saturated rings. The number of fused-ring (bicyclic) bond motifs is 2. The highest BCUT2D eigenvalue weighted by Gasteiger charge is 2.21. The van der Waals surface area contributed by atoms with E-state index in [1.54, 1.807) is 19.1 Å². The van der Waals surface area contributed by atoms with E-state index in [1.165, 1.54) is 0 Å². The summed E-state index contributed by atoms with van der Waals surface area (Å²) in [4.78, 5) is 43.1. The molecule has 3 heterocycles. The molecule has 0 spiro atoms. The molecule has 29 heavy (non-hydrogen) atoms. The summed E-state index contributed by atoms with van der Waals surface area (Å²) in [5.41, 5.74) is 1.28. The Morgan fingerprint density at radius 2 is 2.21 bits per heavy atom. The first-order valence-electron chi connectivity index (χ1n) is 8.59. The van der Waals surface area contributed by atoms with Gasteiger partial charge in [-0.3, -0.25) is 9.59 Å². The molecule has 0 radical (unpaired) electrons. The van der Waals surface area contributed by atoms with Gasteiger partial charge < -0.3 is 25.5 Å². The third kappa shape index (κ3) is 3.45. The van der Waals surface area contributed by atoms with Crippen LogP contribution in [-0.2, 0) is 11.3 Å². The number of aromatic carboxylic acids is 1. The van der Waals surface area contributed by atoms with Gasteiger partial charge in [-0.05, 0) is 24.6 Å². The lowest BCUT2D eigenvalue weighted by Crippen LogP contribution is -2.25. The molecule has 0 saturated heterocycles. The Bertz CT molecular complexity index is 1240. The van der Waals surface area contributed by atoms with E-state index in [0.717, 1.165) is 16.9 Å². The molecule has 0 bridgehead atoms. The number of carboxylic acids is 1. The number of nitrogens with zero attached hydrogens (tertiary/aromatic N) is 1. The van der Waals surface area contributed by atoms with Crippen LogP contribution in [0.15, 0.2) is 29.6 Å². The van der Waals surface area contributed by atoms with Gasteiger partial charge in [0.15, 0.2) is 12.4 Å². The molecule has 0 unspecified atom stereocenters. The van der Waals surface area contributed by atoms with Crippen molar-refractivity contribution in [3.63, 3.8) is 0 Å². The maximum atomic E-state index is 12.4.